The van der Waals surface area contributed by atoms with Gasteiger partial charge in [0.1, 0.15) is 0 Å². The van der Waals surface area contributed by atoms with Gasteiger partial charge >= 0.3 is 0 Å². The Hall–Kier alpha value is -4.39. The second-order valence-electron chi connectivity index (χ2n) is 7.77. The molecule has 0 saturated carbocycles. The predicted octanol–water partition coefficient (Wildman–Crippen LogP) is 4.58. The van der Waals surface area contributed by atoms with Crippen molar-refractivity contribution in [1.82, 2.24) is 15.2 Å². The molecule has 2 aromatic heterocycles. The fourth-order valence-electron chi connectivity index (χ4n) is 3.76. The number of aromatic nitrogens is 4. The molecule has 0 bridgehead atoms. The van der Waals surface area contributed by atoms with Crippen LogP contribution in [0, 0.1) is 0 Å². The van der Waals surface area contributed by atoms with Crippen molar-refractivity contribution in [2.24, 2.45) is 0 Å². The lowest BCUT2D eigenvalue weighted by atomic mass is 10.1. The molecule has 0 aliphatic carbocycles. The van der Waals surface area contributed by atoms with E-state index in [1.54, 1.807) is 6.33 Å². The van der Waals surface area contributed by atoms with Gasteiger partial charge in [0.15, 0.2) is 5.52 Å². The van der Waals surface area contributed by atoms with Crippen molar-refractivity contribution in [2.45, 2.75) is 6.54 Å². The molecular formula is C26H26N7+. The van der Waals surface area contributed by atoms with E-state index in [-0.39, 0.29) is 0 Å². The minimum Gasteiger partial charge on any atom is -0.382 e. The number of nitrogens with one attached hydrogen (secondary N) is 5. The number of H-pyrrole nitrogens is 2. The average molecular weight is 437 g/mol. The minimum absolute atomic E-state index is 0.757. The second kappa shape index (κ2) is 9.82. The van der Waals surface area contributed by atoms with Crippen molar-refractivity contribution in [2.75, 3.05) is 29.0 Å². The van der Waals surface area contributed by atoms with Crippen LogP contribution in [0.4, 0.5) is 17.2 Å². The second-order valence-corrected chi connectivity index (χ2v) is 7.77. The molecule has 0 saturated heterocycles. The zero-order valence-electron chi connectivity index (χ0n) is 18.2. The van der Waals surface area contributed by atoms with E-state index < -0.39 is 0 Å². The van der Waals surface area contributed by atoms with Crippen molar-refractivity contribution in [3.05, 3.63) is 97.1 Å². The van der Waals surface area contributed by atoms with E-state index in [1.807, 2.05) is 24.5 Å². The van der Waals surface area contributed by atoms with E-state index in [9.17, 15) is 0 Å². The molecule has 2 heterocycles. The zero-order chi connectivity index (χ0) is 22.3. The molecule has 0 aliphatic heterocycles. The van der Waals surface area contributed by atoms with Crippen LogP contribution in [0.1, 0.15) is 5.56 Å². The highest BCUT2D eigenvalue weighted by molar-refractivity contribution is 5.91. The van der Waals surface area contributed by atoms with E-state index in [0.717, 1.165) is 58.9 Å². The highest BCUT2D eigenvalue weighted by atomic mass is 15.1. The normalized spacial score (nSPS) is 10.8. The standard InChI is InChI=1S/C26H25N7/c1-2-5-19(6-3-1)15-29-23-8-4-7-22(14-23)27-11-12-28-26-24-13-20(21-16-32-33-17-21)9-10-25(24)30-18-31-26/h1-10,13-14,16-18,27,29H,11-12,15H2,(H,32,33)(H,28,30,31)/p+1. The smallest absolute Gasteiger partial charge is 0.229 e. The number of nitrogens with zero attached hydrogens (tertiary/aromatic N) is 2. The summed E-state index contributed by atoms with van der Waals surface area (Å²) < 4.78 is 0. The lowest BCUT2D eigenvalue weighted by Crippen LogP contribution is -2.20. The lowest BCUT2D eigenvalue weighted by molar-refractivity contribution is -0.364. The number of hydrogen-bond donors (Lipinski definition) is 4. The molecule has 3 aromatic carbocycles. The molecule has 0 spiro atoms. The number of hydrogen-bond acceptors (Lipinski definition) is 5. The van der Waals surface area contributed by atoms with Crippen LogP contribution in [0.15, 0.2) is 91.5 Å². The Kier molecular flexibility index (Phi) is 6.11. The molecular weight excluding hydrogens is 410 g/mol. The Balaban J connectivity index is 1.19. The van der Waals surface area contributed by atoms with Crippen LogP contribution in [0.2, 0.25) is 0 Å². The monoisotopic (exact) mass is 436 g/mol. The maximum Gasteiger partial charge on any atom is 0.229 e. The fraction of sp³-hybridized carbons (Fsp3) is 0.115. The molecule has 7 nitrogen and oxygen atoms in total. The van der Waals surface area contributed by atoms with Crippen LogP contribution in [0.3, 0.4) is 0 Å². The number of rotatable bonds is 9. The minimum atomic E-state index is 0.757. The summed E-state index contributed by atoms with van der Waals surface area (Å²) in [6.07, 6.45) is 5.43. The summed E-state index contributed by atoms with van der Waals surface area (Å²) in [5.41, 5.74) is 6.52. The molecule has 164 valence electrons. The van der Waals surface area contributed by atoms with Crippen LogP contribution in [0.5, 0.6) is 0 Å². The lowest BCUT2D eigenvalue weighted by Gasteiger charge is -2.10. The molecule has 5 aromatic rings. The first-order valence-corrected chi connectivity index (χ1v) is 11.0. The van der Waals surface area contributed by atoms with Crippen LogP contribution in [-0.2, 0) is 6.54 Å². The molecule has 5 rings (SSSR count). The average Bonchev–Trinajstić information content (AvgIpc) is 3.41. The predicted molar refractivity (Wildman–Crippen MR) is 133 cm³/mol. The van der Waals surface area contributed by atoms with E-state index in [4.69, 9.17) is 0 Å². The van der Waals surface area contributed by atoms with Gasteiger partial charge in [-0.25, -0.2) is 4.98 Å². The molecule has 0 unspecified atom stereocenters. The van der Waals surface area contributed by atoms with Gasteiger partial charge in [-0.15, -0.1) is 4.98 Å². The van der Waals surface area contributed by atoms with Crippen molar-refractivity contribution in [3.63, 3.8) is 0 Å². The SMILES string of the molecule is c1ccc(CNc2cccc(NCCNc3[nH+]cnc4ccc(-c5cn[nH]c5)cc34)c2)cc1. The van der Waals surface area contributed by atoms with Gasteiger partial charge in [0.05, 0.1) is 18.1 Å². The third-order valence-electron chi connectivity index (χ3n) is 5.47. The van der Waals surface area contributed by atoms with Crippen LogP contribution >= 0.6 is 0 Å². The highest BCUT2D eigenvalue weighted by Gasteiger charge is 2.10. The molecule has 0 radical (unpaired) electrons. The van der Waals surface area contributed by atoms with E-state index >= 15 is 0 Å². The maximum atomic E-state index is 4.45. The van der Waals surface area contributed by atoms with Gasteiger partial charge in [-0.2, -0.15) is 5.10 Å². The number of benzene rings is 3. The summed E-state index contributed by atoms with van der Waals surface area (Å²) in [6, 6.07) is 25.0. The molecule has 7 heteroatoms. The van der Waals surface area contributed by atoms with Crippen LogP contribution in [0.25, 0.3) is 22.0 Å². The topological polar surface area (TPSA) is 91.8 Å². The molecule has 0 atom stereocenters. The molecule has 0 fully saturated rings. The zero-order valence-corrected chi connectivity index (χ0v) is 18.2. The highest BCUT2D eigenvalue weighted by Crippen LogP contribution is 2.25. The maximum absolute atomic E-state index is 4.45. The third kappa shape index (κ3) is 5.10. The van der Waals surface area contributed by atoms with Crippen molar-refractivity contribution < 1.29 is 4.98 Å². The Bertz CT molecular complexity index is 1320. The summed E-state index contributed by atoms with van der Waals surface area (Å²) in [5, 5.41) is 18.4. The van der Waals surface area contributed by atoms with Gasteiger partial charge in [0.2, 0.25) is 12.1 Å². The van der Waals surface area contributed by atoms with Crippen molar-refractivity contribution in [1.29, 1.82) is 0 Å². The van der Waals surface area contributed by atoms with E-state index in [0.29, 0.717) is 0 Å². The first kappa shape index (κ1) is 20.5. The molecule has 0 amide bonds. The van der Waals surface area contributed by atoms with Gasteiger partial charge in [0, 0.05) is 36.2 Å². The van der Waals surface area contributed by atoms with Gasteiger partial charge in [-0.1, -0.05) is 42.5 Å². The Labute approximate surface area is 192 Å². The number of fused-ring (bicyclic) bond motifs is 1. The molecule has 5 N–H and O–H groups in total. The number of aromatic amines is 2. The first-order chi connectivity index (χ1) is 16.3. The van der Waals surface area contributed by atoms with Gasteiger partial charge in [-0.05, 0) is 41.5 Å². The van der Waals surface area contributed by atoms with Crippen molar-refractivity contribution in [3.8, 4) is 11.1 Å². The van der Waals surface area contributed by atoms with E-state index in [2.05, 4.69) is 96.8 Å². The van der Waals surface area contributed by atoms with Gasteiger partial charge < -0.3 is 16.0 Å². The summed E-state index contributed by atoms with van der Waals surface area (Å²) in [4.78, 5) is 7.69. The summed E-state index contributed by atoms with van der Waals surface area (Å²) in [6.45, 7) is 2.34. The largest absolute Gasteiger partial charge is 0.382 e. The van der Waals surface area contributed by atoms with Crippen molar-refractivity contribution >= 4 is 28.1 Å². The van der Waals surface area contributed by atoms with Crippen LogP contribution in [-0.4, -0.2) is 28.3 Å². The Morgan fingerprint density at radius 2 is 1.64 bits per heavy atom. The quantitative estimate of drug-likeness (QED) is 0.254. The van der Waals surface area contributed by atoms with Gasteiger partial charge in [0.25, 0.3) is 0 Å². The first-order valence-electron chi connectivity index (χ1n) is 11.0. The number of anilines is 3. The molecule has 0 aliphatic rings. The fourth-order valence-corrected chi connectivity index (χ4v) is 3.76. The summed E-state index contributed by atoms with van der Waals surface area (Å²) >= 11 is 0. The Morgan fingerprint density at radius 3 is 2.48 bits per heavy atom. The van der Waals surface area contributed by atoms with E-state index in [1.165, 1.54) is 5.56 Å². The van der Waals surface area contributed by atoms with Gasteiger partial charge in [-0.3, -0.25) is 5.10 Å². The summed E-state index contributed by atoms with van der Waals surface area (Å²) in [7, 11) is 0. The molecule has 33 heavy (non-hydrogen) atoms. The summed E-state index contributed by atoms with van der Waals surface area (Å²) in [5.74, 6) is 0.949. The van der Waals surface area contributed by atoms with Crippen LogP contribution < -0.4 is 20.9 Å². The Morgan fingerprint density at radius 1 is 0.788 bits per heavy atom. The third-order valence-corrected chi connectivity index (χ3v) is 5.47.